The van der Waals surface area contributed by atoms with Crippen molar-refractivity contribution in [1.29, 1.82) is 0 Å². The van der Waals surface area contributed by atoms with Crippen molar-refractivity contribution in [1.82, 2.24) is 24.5 Å². The summed E-state index contributed by atoms with van der Waals surface area (Å²) in [5.41, 5.74) is 3.35. The molecule has 0 spiro atoms. The number of thiophene rings is 1. The zero-order valence-electron chi connectivity index (χ0n) is 16.7. The molecule has 1 amide bonds. The van der Waals surface area contributed by atoms with Crippen molar-refractivity contribution in [3.05, 3.63) is 75.9 Å². The molecule has 0 N–H and O–H groups in total. The molecule has 0 unspecified atom stereocenters. The van der Waals surface area contributed by atoms with Crippen LogP contribution in [-0.4, -0.2) is 56.6 Å². The fraction of sp³-hybridized carbons (Fsp3) is 0.273. The Kier molecular flexibility index (Phi) is 4.92. The molecule has 0 saturated carbocycles. The highest BCUT2D eigenvalue weighted by Gasteiger charge is 2.27. The number of piperazine rings is 1. The van der Waals surface area contributed by atoms with Gasteiger partial charge in [0, 0.05) is 43.9 Å². The number of fused-ring (bicyclic) bond motifs is 1. The van der Waals surface area contributed by atoms with Gasteiger partial charge in [-0.2, -0.15) is 14.6 Å². The number of aromatic nitrogens is 4. The second-order valence-corrected chi connectivity index (χ2v) is 8.34. The second-order valence-electron chi connectivity index (χ2n) is 7.39. The first-order valence-electron chi connectivity index (χ1n) is 10.0. The van der Waals surface area contributed by atoms with E-state index in [0.29, 0.717) is 18.9 Å². The minimum atomic E-state index is 0.117. The SMILES string of the molecule is Cc1nc2ncnn2c(N2CCN(C(=O)c3cccs3)CC2)c1Cc1ccccc1. The van der Waals surface area contributed by atoms with Crippen LogP contribution in [0.3, 0.4) is 0 Å². The van der Waals surface area contributed by atoms with E-state index in [1.807, 2.05) is 39.9 Å². The highest BCUT2D eigenvalue weighted by atomic mass is 32.1. The molecule has 152 valence electrons. The van der Waals surface area contributed by atoms with Crippen molar-refractivity contribution in [3.8, 4) is 0 Å². The van der Waals surface area contributed by atoms with Crippen LogP contribution in [0.4, 0.5) is 5.82 Å². The number of aryl methyl sites for hydroxylation is 1. The van der Waals surface area contributed by atoms with Gasteiger partial charge in [0.05, 0.1) is 4.88 Å². The molecule has 4 aromatic rings. The third kappa shape index (κ3) is 3.43. The van der Waals surface area contributed by atoms with E-state index in [-0.39, 0.29) is 5.91 Å². The van der Waals surface area contributed by atoms with Gasteiger partial charge in [0.2, 0.25) is 0 Å². The smallest absolute Gasteiger partial charge is 0.264 e. The highest BCUT2D eigenvalue weighted by molar-refractivity contribution is 7.12. The molecule has 1 fully saturated rings. The van der Waals surface area contributed by atoms with Crippen LogP contribution >= 0.6 is 11.3 Å². The van der Waals surface area contributed by atoms with Crippen molar-refractivity contribution < 1.29 is 4.79 Å². The summed E-state index contributed by atoms with van der Waals surface area (Å²) in [4.78, 5) is 26.7. The fourth-order valence-electron chi connectivity index (χ4n) is 3.98. The van der Waals surface area contributed by atoms with Crippen LogP contribution in [0.5, 0.6) is 0 Å². The molecule has 3 aromatic heterocycles. The average Bonchev–Trinajstić information content (AvgIpc) is 3.47. The Morgan fingerprint density at radius 1 is 1.07 bits per heavy atom. The molecule has 1 aliphatic rings. The van der Waals surface area contributed by atoms with Crippen LogP contribution in [-0.2, 0) is 6.42 Å². The van der Waals surface area contributed by atoms with Crippen molar-refractivity contribution in [3.63, 3.8) is 0 Å². The molecule has 7 nitrogen and oxygen atoms in total. The molecular weight excluding hydrogens is 396 g/mol. The topological polar surface area (TPSA) is 66.6 Å². The molecule has 1 aliphatic heterocycles. The van der Waals surface area contributed by atoms with E-state index < -0.39 is 0 Å². The summed E-state index contributed by atoms with van der Waals surface area (Å²) in [6.45, 7) is 4.89. The van der Waals surface area contributed by atoms with Gasteiger partial charge in [-0.05, 0) is 23.9 Å². The summed E-state index contributed by atoms with van der Waals surface area (Å²) >= 11 is 1.50. The molecule has 0 radical (unpaired) electrons. The maximum absolute atomic E-state index is 12.7. The molecule has 30 heavy (non-hydrogen) atoms. The van der Waals surface area contributed by atoms with E-state index in [1.54, 1.807) is 6.33 Å². The molecule has 5 rings (SSSR count). The van der Waals surface area contributed by atoms with Crippen LogP contribution in [0, 0.1) is 6.92 Å². The number of nitrogens with zero attached hydrogens (tertiary/aromatic N) is 6. The Morgan fingerprint density at radius 3 is 2.60 bits per heavy atom. The summed E-state index contributed by atoms with van der Waals surface area (Å²) in [6, 6.07) is 14.2. The summed E-state index contributed by atoms with van der Waals surface area (Å²) in [6.07, 6.45) is 2.33. The molecule has 0 atom stereocenters. The summed E-state index contributed by atoms with van der Waals surface area (Å²) < 4.78 is 1.84. The molecule has 4 heterocycles. The minimum Gasteiger partial charge on any atom is -0.353 e. The number of carbonyl (C=O) groups is 1. The van der Waals surface area contributed by atoms with Crippen molar-refractivity contribution in [2.24, 2.45) is 0 Å². The van der Waals surface area contributed by atoms with Gasteiger partial charge in [-0.15, -0.1) is 11.3 Å². The number of benzene rings is 1. The lowest BCUT2D eigenvalue weighted by Gasteiger charge is -2.36. The molecule has 1 saturated heterocycles. The van der Waals surface area contributed by atoms with E-state index in [2.05, 4.69) is 44.2 Å². The van der Waals surface area contributed by atoms with E-state index in [1.165, 1.54) is 16.9 Å². The van der Waals surface area contributed by atoms with Gasteiger partial charge in [-0.3, -0.25) is 4.79 Å². The Balaban J connectivity index is 1.46. The van der Waals surface area contributed by atoms with Crippen LogP contribution < -0.4 is 4.90 Å². The number of rotatable bonds is 4. The number of hydrogen-bond donors (Lipinski definition) is 0. The Bertz CT molecular complexity index is 1160. The first-order chi connectivity index (χ1) is 14.7. The van der Waals surface area contributed by atoms with Gasteiger partial charge < -0.3 is 9.80 Å². The van der Waals surface area contributed by atoms with E-state index in [4.69, 9.17) is 0 Å². The monoisotopic (exact) mass is 418 g/mol. The van der Waals surface area contributed by atoms with Gasteiger partial charge in [0.25, 0.3) is 11.7 Å². The van der Waals surface area contributed by atoms with Crippen LogP contribution in [0.15, 0.2) is 54.2 Å². The Labute approximate surface area is 178 Å². The zero-order valence-corrected chi connectivity index (χ0v) is 17.5. The standard InChI is InChI=1S/C22H22N6OS/c1-16-18(14-17-6-3-2-4-7-17)20(28-22(25-16)23-15-24-28)26-9-11-27(12-10-26)21(29)19-8-5-13-30-19/h2-8,13,15H,9-12,14H2,1H3. The third-order valence-electron chi connectivity index (χ3n) is 5.53. The van der Waals surface area contributed by atoms with Gasteiger partial charge in [-0.1, -0.05) is 36.4 Å². The van der Waals surface area contributed by atoms with Crippen molar-refractivity contribution in [2.45, 2.75) is 13.3 Å². The minimum absolute atomic E-state index is 0.117. The van der Waals surface area contributed by atoms with E-state index >= 15 is 0 Å². The number of carbonyl (C=O) groups excluding carboxylic acids is 1. The lowest BCUT2D eigenvalue weighted by molar-refractivity contribution is 0.0751. The number of anilines is 1. The van der Waals surface area contributed by atoms with Crippen molar-refractivity contribution >= 4 is 28.8 Å². The van der Waals surface area contributed by atoms with E-state index in [0.717, 1.165) is 41.5 Å². The molecular formula is C22H22N6OS. The predicted molar refractivity (Wildman–Crippen MR) is 117 cm³/mol. The average molecular weight is 419 g/mol. The zero-order chi connectivity index (χ0) is 20.5. The largest absolute Gasteiger partial charge is 0.353 e. The van der Waals surface area contributed by atoms with Crippen LogP contribution in [0.1, 0.15) is 26.5 Å². The first kappa shape index (κ1) is 18.7. The molecule has 8 heteroatoms. The van der Waals surface area contributed by atoms with Crippen molar-refractivity contribution in [2.75, 3.05) is 31.1 Å². The fourth-order valence-corrected chi connectivity index (χ4v) is 4.67. The van der Waals surface area contributed by atoms with E-state index in [9.17, 15) is 4.79 Å². The van der Waals surface area contributed by atoms with Crippen LogP contribution in [0.25, 0.3) is 5.78 Å². The molecule has 1 aromatic carbocycles. The summed E-state index contributed by atoms with van der Waals surface area (Å²) in [7, 11) is 0. The van der Waals surface area contributed by atoms with Gasteiger partial charge >= 0.3 is 0 Å². The van der Waals surface area contributed by atoms with Gasteiger partial charge in [0.15, 0.2) is 0 Å². The summed E-state index contributed by atoms with van der Waals surface area (Å²) in [5.74, 6) is 1.75. The molecule has 0 bridgehead atoms. The number of hydrogen-bond acceptors (Lipinski definition) is 6. The second kappa shape index (κ2) is 7.87. The lowest BCUT2D eigenvalue weighted by atomic mass is 10.0. The quantitative estimate of drug-likeness (QED) is 0.510. The Hall–Kier alpha value is -3.26. The first-order valence-corrected chi connectivity index (χ1v) is 10.9. The summed E-state index contributed by atoms with van der Waals surface area (Å²) in [5, 5.41) is 6.40. The highest BCUT2D eigenvalue weighted by Crippen LogP contribution is 2.27. The van der Waals surface area contributed by atoms with Gasteiger partial charge in [-0.25, -0.2) is 4.98 Å². The maximum Gasteiger partial charge on any atom is 0.264 e. The number of amides is 1. The van der Waals surface area contributed by atoms with Gasteiger partial charge in [0.1, 0.15) is 12.1 Å². The molecule has 0 aliphatic carbocycles. The Morgan fingerprint density at radius 2 is 1.87 bits per heavy atom. The third-order valence-corrected chi connectivity index (χ3v) is 6.38. The lowest BCUT2D eigenvalue weighted by Crippen LogP contribution is -2.49. The maximum atomic E-state index is 12.7. The predicted octanol–water partition coefficient (Wildman–Crippen LogP) is 3.05. The van der Waals surface area contributed by atoms with Crippen LogP contribution in [0.2, 0.25) is 0 Å². The normalized spacial score (nSPS) is 14.4.